The van der Waals surface area contributed by atoms with Crippen LogP contribution in [0.5, 0.6) is 0 Å². The van der Waals surface area contributed by atoms with E-state index in [1.807, 2.05) is 0 Å². The lowest BCUT2D eigenvalue weighted by Crippen LogP contribution is -2.11. The molecule has 2 heteroatoms. The molecule has 0 bridgehead atoms. The third-order valence-corrected chi connectivity index (χ3v) is 9.27. The molecular weight excluding hydrogens is 583 g/mol. The van der Waals surface area contributed by atoms with Gasteiger partial charge in [0.1, 0.15) is 5.58 Å². The number of benzene rings is 8. The van der Waals surface area contributed by atoms with Gasteiger partial charge in [0.05, 0.1) is 11.4 Å². The van der Waals surface area contributed by atoms with Gasteiger partial charge in [0.2, 0.25) is 0 Å². The molecule has 0 radical (unpaired) electrons. The molecule has 8 aromatic carbocycles. The molecule has 0 aliphatic carbocycles. The second-order valence-electron chi connectivity index (χ2n) is 12.2. The minimum Gasteiger partial charge on any atom is -0.454 e. The Morgan fingerprint density at radius 3 is 1.56 bits per heavy atom. The van der Waals surface area contributed by atoms with Gasteiger partial charge in [-0.05, 0) is 75.0 Å². The fourth-order valence-corrected chi connectivity index (χ4v) is 6.87. The van der Waals surface area contributed by atoms with E-state index in [9.17, 15) is 0 Å². The molecule has 9 aromatic rings. The highest BCUT2D eigenvalue weighted by atomic mass is 16.3. The van der Waals surface area contributed by atoms with Crippen molar-refractivity contribution in [3.8, 4) is 33.4 Å². The largest absolute Gasteiger partial charge is 0.454 e. The average Bonchev–Trinajstić information content (AvgIpc) is 3.53. The van der Waals surface area contributed by atoms with Crippen molar-refractivity contribution in [1.82, 2.24) is 0 Å². The van der Waals surface area contributed by atoms with Crippen LogP contribution in [0.1, 0.15) is 0 Å². The molecule has 0 unspecified atom stereocenters. The molecule has 0 saturated carbocycles. The Morgan fingerprint density at radius 2 is 0.875 bits per heavy atom. The standard InChI is InChI=1S/C46H31NO/c1-3-12-32(13-4-1)33-22-24-34(25-23-33)35-26-28-39(29-27-35)47(43-20-10-9-18-40(43)36-14-5-2-6-15-36)44-21-11-19-41-42-30-37-16-7-8-17-38(37)31-45(42)48-46(41)44/h1-31H. The summed E-state index contributed by atoms with van der Waals surface area (Å²) in [5.74, 6) is 0. The van der Waals surface area contributed by atoms with Gasteiger partial charge < -0.3 is 9.32 Å². The Kier molecular flexibility index (Phi) is 6.84. The smallest absolute Gasteiger partial charge is 0.159 e. The van der Waals surface area contributed by atoms with E-state index in [-0.39, 0.29) is 0 Å². The summed E-state index contributed by atoms with van der Waals surface area (Å²) in [5, 5.41) is 4.60. The van der Waals surface area contributed by atoms with Crippen LogP contribution < -0.4 is 4.90 Å². The van der Waals surface area contributed by atoms with Gasteiger partial charge in [0, 0.05) is 22.0 Å². The molecule has 0 N–H and O–H groups in total. The normalized spacial score (nSPS) is 11.3. The van der Waals surface area contributed by atoms with Crippen LogP contribution in [-0.4, -0.2) is 0 Å². The summed E-state index contributed by atoms with van der Waals surface area (Å²) in [4.78, 5) is 2.34. The van der Waals surface area contributed by atoms with Crippen LogP contribution in [-0.2, 0) is 0 Å². The van der Waals surface area contributed by atoms with E-state index in [1.54, 1.807) is 0 Å². The predicted octanol–water partition coefficient (Wildman–Crippen LogP) is 13.2. The molecule has 0 atom stereocenters. The first-order valence-corrected chi connectivity index (χ1v) is 16.3. The van der Waals surface area contributed by atoms with E-state index in [0.717, 1.165) is 50.1 Å². The second kappa shape index (κ2) is 11.8. The van der Waals surface area contributed by atoms with Crippen LogP contribution in [0.4, 0.5) is 17.1 Å². The molecule has 0 spiro atoms. The highest BCUT2D eigenvalue weighted by Gasteiger charge is 2.22. The van der Waals surface area contributed by atoms with Gasteiger partial charge in [0.25, 0.3) is 0 Å². The maximum Gasteiger partial charge on any atom is 0.159 e. The molecule has 1 heterocycles. The molecule has 9 rings (SSSR count). The van der Waals surface area contributed by atoms with Crippen molar-refractivity contribution in [2.75, 3.05) is 4.90 Å². The number of nitrogens with zero attached hydrogens (tertiary/aromatic N) is 1. The van der Waals surface area contributed by atoms with E-state index in [2.05, 4.69) is 193 Å². The monoisotopic (exact) mass is 613 g/mol. The Balaban J connectivity index is 1.20. The van der Waals surface area contributed by atoms with Gasteiger partial charge in [-0.2, -0.15) is 0 Å². The van der Waals surface area contributed by atoms with Crippen LogP contribution in [0.3, 0.4) is 0 Å². The molecule has 0 aliphatic rings. The lowest BCUT2D eigenvalue weighted by atomic mass is 9.99. The number of para-hydroxylation sites is 2. The number of anilines is 3. The molecule has 0 aliphatic heterocycles. The van der Waals surface area contributed by atoms with E-state index in [1.165, 1.54) is 33.0 Å². The molecular formula is C46H31NO. The number of rotatable bonds is 6. The van der Waals surface area contributed by atoms with Gasteiger partial charge in [-0.1, -0.05) is 152 Å². The van der Waals surface area contributed by atoms with Crippen molar-refractivity contribution in [2.24, 2.45) is 0 Å². The summed E-state index contributed by atoms with van der Waals surface area (Å²) >= 11 is 0. The number of hydrogen-bond donors (Lipinski definition) is 0. The summed E-state index contributed by atoms with van der Waals surface area (Å²) in [5.41, 5.74) is 12.0. The minimum atomic E-state index is 0.867. The SMILES string of the molecule is c1ccc(-c2ccc(-c3ccc(N(c4ccccc4-c4ccccc4)c4cccc5c4oc4cc6ccccc6cc45)cc3)cc2)cc1. The van der Waals surface area contributed by atoms with E-state index in [0.29, 0.717) is 0 Å². The van der Waals surface area contributed by atoms with Gasteiger partial charge in [0.15, 0.2) is 5.58 Å². The Hall–Kier alpha value is -6.38. The van der Waals surface area contributed by atoms with Crippen molar-refractivity contribution in [1.29, 1.82) is 0 Å². The lowest BCUT2D eigenvalue weighted by Gasteiger charge is -2.28. The topological polar surface area (TPSA) is 16.4 Å². The number of hydrogen-bond acceptors (Lipinski definition) is 2. The van der Waals surface area contributed by atoms with Crippen LogP contribution in [0.25, 0.3) is 66.1 Å². The molecule has 0 amide bonds. The Bertz CT molecular complexity index is 2530. The predicted molar refractivity (Wildman–Crippen MR) is 202 cm³/mol. The lowest BCUT2D eigenvalue weighted by molar-refractivity contribution is 0.669. The Morgan fingerprint density at radius 1 is 0.354 bits per heavy atom. The number of fused-ring (bicyclic) bond motifs is 4. The summed E-state index contributed by atoms with van der Waals surface area (Å²) in [6.07, 6.45) is 0. The maximum atomic E-state index is 6.76. The molecule has 48 heavy (non-hydrogen) atoms. The zero-order chi connectivity index (χ0) is 31.9. The third kappa shape index (κ3) is 4.92. The van der Waals surface area contributed by atoms with E-state index < -0.39 is 0 Å². The highest BCUT2D eigenvalue weighted by Crippen LogP contribution is 2.46. The van der Waals surface area contributed by atoms with Gasteiger partial charge in [-0.15, -0.1) is 0 Å². The molecule has 1 aromatic heterocycles. The summed E-state index contributed by atoms with van der Waals surface area (Å²) < 4.78 is 6.76. The van der Waals surface area contributed by atoms with Crippen molar-refractivity contribution in [3.05, 3.63) is 188 Å². The van der Waals surface area contributed by atoms with Crippen LogP contribution in [0.15, 0.2) is 192 Å². The van der Waals surface area contributed by atoms with Crippen molar-refractivity contribution >= 4 is 49.8 Å². The molecule has 0 saturated heterocycles. The van der Waals surface area contributed by atoms with Crippen molar-refractivity contribution in [2.45, 2.75) is 0 Å². The van der Waals surface area contributed by atoms with Crippen molar-refractivity contribution in [3.63, 3.8) is 0 Å². The minimum absolute atomic E-state index is 0.867. The fourth-order valence-electron chi connectivity index (χ4n) is 6.87. The second-order valence-corrected chi connectivity index (χ2v) is 12.2. The van der Waals surface area contributed by atoms with Crippen LogP contribution in [0, 0.1) is 0 Å². The first kappa shape index (κ1) is 27.9. The third-order valence-electron chi connectivity index (χ3n) is 9.27. The van der Waals surface area contributed by atoms with Crippen LogP contribution in [0.2, 0.25) is 0 Å². The number of furan rings is 1. The molecule has 2 nitrogen and oxygen atoms in total. The fraction of sp³-hybridized carbons (Fsp3) is 0. The first-order valence-electron chi connectivity index (χ1n) is 16.3. The van der Waals surface area contributed by atoms with Crippen LogP contribution >= 0.6 is 0 Å². The molecule has 0 fully saturated rings. The Labute approximate surface area is 279 Å². The molecule has 226 valence electrons. The summed E-state index contributed by atoms with van der Waals surface area (Å²) in [7, 11) is 0. The van der Waals surface area contributed by atoms with E-state index >= 15 is 0 Å². The zero-order valence-electron chi connectivity index (χ0n) is 26.3. The summed E-state index contributed by atoms with van der Waals surface area (Å²) in [6, 6.07) is 66.8. The first-order chi connectivity index (χ1) is 23.8. The maximum absolute atomic E-state index is 6.76. The summed E-state index contributed by atoms with van der Waals surface area (Å²) in [6.45, 7) is 0. The highest BCUT2D eigenvalue weighted by molar-refractivity contribution is 6.14. The quantitative estimate of drug-likeness (QED) is 0.185. The zero-order valence-corrected chi connectivity index (χ0v) is 26.3. The average molecular weight is 614 g/mol. The van der Waals surface area contributed by atoms with Gasteiger partial charge in [-0.3, -0.25) is 0 Å². The van der Waals surface area contributed by atoms with Gasteiger partial charge >= 0.3 is 0 Å². The van der Waals surface area contributed by atoms with Gasteiger partial charge in [-0.25, -0.2) is 0 Å². The van der Waals surface area contributed by atoms with Crippen molar-refractivity contribution < 1.29 is 4.42 Å². The van der Waals surface area contributed by atoms with E-state index in [4.69, 9.17) is 4.42 Å².